The van der Waals surface area contributed by atoms with Gasteiger partial charge in [-0.3, -0.25) is 4.98 Å². The number of fused-ring (bicyclic) bond motifs is 3. The molecule has 1 nitrogen and oxygen atoms in total. The fourth-order valence-electron chi connectivity index (χ4n) is 4.29. The Balaban J connectivity index is 1.79. The van der Waals surface area contributed by atoms with Crippen LogP contribution in [0.4, 0.5) is 13.2 Å². The first kappa shape index (κ1) is 19.3. The molecular weight excluding hydrogens is 395 g/mol. The molecule has 0 unspecified atom stereocenters. The molecule has 0 saturated carbocycles. The molecule has 152 valence electrons. The predicted octanol–water partition coefficient (Wildman–Crippen LogP) is 7.76. The number of benzene rings is 4. The third-order valence-corrected chi connectivity index (χ3v) is 5.58. The average molecular weight is 413 g/mol. The van der Waals surface area contributed by atoms with Crippen molar-refractivity contribution in [2.75, 3.05) is 0 Å². The molecule has 0 radical (unpaired) electrons. The van der Waals surface area contributed by atoms with Gasteiger partial charge in [0.2, 0.25) is 0 Å². The Morgan fingerprint density at radius 3 is 2.00 bits per heavy atom. The second-order valence-corrected chi connectivity index (χ2v) is 7.85. The van der Waals surface area contributed by atoms with E-state index in [-0.39, 0.29) is 5.56 Å². The van der Waals surface area contributed by atoms with Gasteiger partial charge in [0.15, 0.2) is 0 Å². The van der Waals surface area contributed by atoms with Crippen LogP contribution in [0.1, 0.15) is 11.1 Å². The molecule has 4 aromatic carbocycles. The number of pyridine rings is 1. The van der Waals surface area contributed by atoms with Crippen LogP contribution in [-0.2, 0) is 0 Å². The van der Waals surface area contributed by atoms with Crippen molar-refractivity contribution in [1.82, 2.24) is 4.98 Å². The van der Waals surface area contributed by atoms with Gasteiger partial charge >= 0.3 is 0 Å². The summed E-state index contributed by atoms with van der Waals surface area (Å²) in [5.74, 6) is -1.80. The van der Waals surface area contributed by atoms with Crippen LogP contribution in [0.25, 0.3) is 43.9 Å². The zero-order valence-electron chi connectivity index (χ0n) is 17.0. The van der Waals surface area contributed by atoms with Gasteiger partial charge in [-0.25, -0.2) is 13.2 Å². The second kappa shape index (κ2) is 7.24. The lowest BCUT2D eigenvalue weighted by Gasteiger charge is -2.13. The van der Waals surface area contributed by atoms with Gasteiger partial charge in [0.05, 0.1) is 11.3 Å². The molecule has 5 aromatic rings. The highest BCUT2D eigenvalue weighted by Gasteiger charge is 2.18. The summed E-state index contributed by atoms with van der Waals surface area (Å²) in [5, 5.41) is 2.34. The Labute approximate surface area is 177 Å². The zero-order valence-corrected chi connectivity index (χ0v) is 17.0. The van der Waals surface area contributed by atoms with Gasteiger partial charge in [0, 0.05) is 22.5 Å². The van der Waals surface area contributed by atoms with Gasteiger partial charge in [-0.05, 0) is 66.6 Å². The number of hydrogen-bond acceptors (Lipinski definition) is 1. The van der Waals surface area contributed by atoms with E-state index < -0.39 is 17.5 Å². The van der Waals surface area contributed by atoms with Crippen molar-refractivity contribution in [2.24, 2.45) is 0 Å². The maximum atomic E-state index is 15.4. The summed E-state index contributed by atoms with van der Waals surface area (Å²) in [4.78, 5) is 4.56. The number of aryl methyl sites for hydroxylation is 2. The summed E-state index contributed by atoms with van der Waals surface area (Å²) in [6, 6.07) is 18.0. The third kappa shape index (κ3) is 3.25. The Kier molecular flexibility index (Phi) is 4.51. The minimum atomic E-state index is -0.686. The molecule has 0 bridgehead atoms. The minimum absolute atomic E-state index is 0.157. The molecule has 0 amide bonds. The second-order valence-electron chi connectivity index (χ2n) is 7.85. The molecule has 0 aliphatic rings. The molecule has 0 aliphatic carbocycles. The Morgan fingerprint density at radius 1 is 0.613 bits per heavy atom. The van der Waals surface area contributed by atoms with Gasteiger partial charge in [-0.15, -0.1) is 0 Å². The van der Waals surface area contributed by atoms with Crippen molar-refractivity contribution in [2.45, 2.75) is 13.8 Å². The highest BCUT2D eigenvalue weighted by atomic mass is 19.1. The molecule has 1 heterocycles. The van der Waals surface area contributed by atoms with E-state index in [1.165, 1.54) is 30.3 Å². The highest BCUT2D eigenvalue weighted by Crippen LogP contribution is 2.37. The van der Waals surface area contributed by atoms with Crippen LogP contribution in [0.3, 0.4) is 0 Å². The molecule has 0 atom stereocenters. The van der Waals surface area contributed by atoms with Crippen molar-refractivity contribution < 1.29 is 13.2 Å². The molecule has 1 aromatic heterocycles. The molecule has 0 saturated heterocycles. The monoisotopic (exact) mass is 413 g/mol. The van der Waals surface area contributed by atoms with Crippen LogP contribution in [0, 0.1) is 31.3 Å². The molecule has 0 N–H and O–H groups in total. The van der Waals surface area contributed by atoms with E-state index in [9.17, 15) is 4.39 Å². The smallest absolute Gasteiger partial charge is 0.141 e. The average Bonchev–Trinajstić information content (AvgIpc) is 2.74. The summed E-state index contributed by atoms with van der Waals surface area (Å²) >= 11 is 0. The van der Waals surface area contributed by atoms with Crippen LogP contribution in [0.2, 0.25) is 0 Å². The first-order valence-electron chi connectivity index (χ1n) is 9.96. The SMILES string of the molecule is Cc1cc(C)cc(-c2nccc3c2ccc2c(F)c(-c4ccc(F)cc4)c(F)cc23)c1. The van der Waals surface area contributed by atoms with E-state index in [0.717, 1.165) is 33.2 Å². The van der Waals surface area contributed by atoms with E-state index in [1.807, 2.05) is 19.9 Å². The Hall–Kier alpha value is -3.66. The van der Waals surface area contributed by atoms with Gasteiger partial charge in [0.25, 0.3) is 0 Å². The van der Waals surface area contributed by atoms with Crippen molar-refractivity contribution in [3.05, 3.63) is 102 Å². The lowest BCUT2D eigenvalue weighted by molar-refractivity contribution is 0.597. The first-order valence-corrected chi connectivity index (χ1v) is 9.96. The standard InChI is InChI=1S/C27H18F3N/c1-15-11-16(2)13-18(12-15)27-22-8-7-21-23(20(22)9-10-31-27)14-24(29)25(26(21)30)17-3-5-19(28)6-4-17/h3-14H,1-2H3. The molecule has 0 aliphatic heterocycles. The van der Waals surface area contributed by atoms with E-state index in [1.54, 1.807) is 18.3 Å². The quantitative estimate of drug-likeness (QED) is 0.270. The van der Waals surface area contributed by atoms with Gasteiger partial charge in [-0.1, -0.05) is 41.5 Å². The lowest BCUT2D eigenvalue weighted by Crippen LogP contribution is -1.95. The van der Waals surface area contributed by atoms with Crippen molar-refractivity contribution in [1.29, 1.82) is 0 Å². The molecule has 0 spiro atoms. The number of hydrogen-bond donors (Lipinski definition) is 0. The van der Waals surface area contributed by atoms with Crippen LogP contribution in [0.15, 0.2) is 72.9 Å². The highest BCUT2D eigenvalue weighted by molar-refractivity contribution is 6.12. The van der Waals surface area contributed by atoms with Gasteiger partial charge in [0.1, 0.15) is 17.5 Å². The molecule has 0 fully saturated rings. The summed E-state index contributed by atoms with van der Waals surface area (Å²) in [6.45, 7) is 4.05. The Morgan fingerprint density at radius 2 is 1.29 bits per heavy atom. The van der Waals surface area contributed by atoms with Gasteiger partial charge in [-0.2, -0.15) is 0 Å². The maximum Gasteiger partial charge on any atom is 0.141 e. The lowest BCUT2D eigenvalue weighted by atomic mass is 9.94. The molecule has 31 heavy (non-hydrogen) atoms. The number of halogens is 3. The fraction of sp³-hybridized carbons (Fsp3) is 0.0741. The van der Waals surface area contributed by atoms with E-state index in [0.29, 0.717) is 16.3 Å². The van der Waals surface area contributed by atoms with Crippen LogP contribution < -0.4 is 0 Å². The van der Waals surface area contributed by atoms with Crippen molar-refractivity contribution in [3.63, 3.8) is 0 Å². The van der Waals surface area contributed by atoms with Crippen LogP contribution >= 0.6 is 0 Å². The summed E-state index contributed by atoms with van der Waals surface area (Å²) < 4.78 is 43.8. The maximum absolute atomic E-state index is 15.4. The molecule has 5 rings (SSSR count). The van der Waals surface area contributed by atoms with Crippen molar-refractivity contribution >= 4 is 21.5 Å². The number of aromatic nitrogens is 1. The Bertz CT molecular complexity index is 1450. The fourth-order valence-corrected chi connectivity index (χ4v) is 4.29. The van der Waals surface area contributed by atoms with Crippen LogP contribution in [-0.4, -0.2) is 4.98 Å². The topological polar surface area (TPSA) is 12.9 Å². The number of nitrogens with zero attached hydrogens (tertiary/aromatic N) is 1. The van der Waals surface area contributed by atoms with E-state index in [4.69, 9.17) is 0 Å². The minimum Gasteiger partial charge on any atom is -0.256 e. The largest absolute Gasteiger partial charge is 0.256 e. The summed E-state index contributed by atoms with van der Waals surface area (Å²) in [5.41, 5.74) is 4.12. The molecular formula is C27H18F3N. The predicted molar refractivity (Wildman–Crippen MR) is 119 cm³/mol. The van der Waals surface area contributed by atoms with E-state index in [2.05, 4.69) is 23.2 Å². The number of rotatable bonds is 2. The summed E-state index contributed by atoms with van der Waals surface area (Å²) in [7, 11) is 0. The first-order chi connectivity index (χ1) is 14.9. The summed E-state index contributed by atoms with van der Waals surface area (Å²) in [6.07, 6.45) is 1.67. The van der Waals surface area contributed by atoms with E-state index >= 15 is 8.78 Å². The van der Waals surface area contributed by atoms with Crippen LogP contribution in [0.5, 0.6) is 0 Å². The van der Waals surface area contributed by atoms with Gasteiger partial charge < -0.3 is 0 Å². The normalized spacial score (nSPS) is 11.4. The van der Waals surface area contributed by atoms with Crippen molar-refractivity contribution in [3.8, 4) is 22.4 Å². The molecule has 4 heteroatoms. The third-order valence-electron chi connectivity index (χ3n) is 5.58. The zero-order chi connectivity index (χ0) is 21.7.